The van der Waals surface area contributed by atoms with Crippen LogP contribution in [0.25, 0.3) is 0 Å². The molecule has 0 bridgehead atoms. The summed E-state index contributed by atoms with van der Waals surface area (Å²) in [6.45, 7) is 7.46. The molecule has 0 saturated carbocycles. The van der Waals surface area contributed by atoms with Crippen LogP contribution < -0.4 is 10.1 Å². The van der Waals surface area contributed by atoms with Crippen LogP contribution in [0.2, 0.25) is 5.02 Å². The SMILES string of the molecule is CCCNc1cccc(COc2cc(C)c(Cl)c(C)c2)n1. The summed E-state index contributed by atoms with van der Waals surface area (Å²) < 4.78 is 5.82. The van der Waals surface area contributed by atoms with Gasteiger partial charge in [0.1, 0.15) is 18.2 Å². The Morgan fingerprint density at radius 1 is 1.19 bits per heavy atom. The number of nitrogens with zero attached hydrogens (tertiary/aromatic N) is 1. The molecule has 0 amide bonds. The Hall–Kier alpha value is -1.74. The molecule has 0 aliphatic heterocycles. The molecule has 1 N–H and O–H groups in total. The van der Waals surface area contributed by atoms with Crippen LogP contribution >= 0.6 is 11.6 Å². The van der Waals surface area contributed by atoms with Crippen molar-refractivity contribution in [2.75, 3.05) is 11.9 Å². The molecule has 2 aromatic rings. The van der Waals surface area contributed by atoms with E-state index in [1.807, 2.05) is 44.2 Å². The first kappa shape index (κ1) is 15.6. The van der Waals surface area contributed by atoms with Crippen LogP contribution in [0, 0.1) is 13.8 Å². The summed E-state index contributed by atoms with van der Waals surface area (Å²) in [4.78, 5) is 4.53. The number of aryl methyl sites for hydroxylation is 2. The summed E-state index contributed by atoms with van der Waals surface area (Å²) in [6, 6.07) is 9.83. The lowest BCUT2D eigenvalue weighted by Gasteiger charge is -2.10. The highest BCUT2D eigenvalue weighted by Crippen LogP contribution is 2.26. The van der Waals surface area contributed by atoms with Crippen LogP contribution in [0.3, 0.4) is 0 Å². The minimum absolute atomic E-state index is 0.447. The van der Waals surface area contributed by atoms with Crippen LogP contribution in [0.1, 0.15) is 30.2 Å². The Kier molecular flexibility index (Phi) is 5.45. The molecule has 1 aromatic carbocycles. The molecule has 0 radical (unpaired) electrons. The van der Waals surface area contributed by atoms with E-state index in [0.29, 0.717) is 6.61 Å². The zero-order valence-electron chi connectivity index (χ0n) is 12.7. The molecule has 0 unspecified atom stereocenters. The number of hydrogen-bond donors (Lipinski definition) is 1. The number of rotatable bonds is 6. The number of aromatic nitrogens is 1. The fraction of sp³-hybridized carbons (Fsp3) is 0.353. The van der Waals surface area contributed by atoms with Crippen LogP contribution in [-0.4, -0.2) is 11.5 Å². The summed E-state index contributed by atoms with van der Waals surface area (Å²) in [6.07, 6.45) is 1.08. The van der Waals surface area contributed by atoms with Gasteiger partial charge in [-0.1, -0.05) is 24.6 Å². The molecule has 0 saturated heterocycles. The molecule has 0 fully saturated rings. The Bertz CT molecular complexity index is 590. The molecule has 0 aliphatic rings. The lowest BCUT2D eigenvalue weighted by atomic mass is 10.1. The predicted octanol–water partition coefficient (Wildman–Crippen LogP) is 4.75. The van der Waals surface area contributed by atoms with Gasteiger partial charge >= 0.3 is 0 Å². The van der Waals surface area contributed by atoms with Gasteiger partial charge in [0.25, 0.3) is 0 Å². The van der Waals surface area contributed by atoms with Gasteiger partial charge in [-0.05, 0) is 55.7 Å². The van der Waals surface area contributed by atoms with Gasteiger partial charge in [0, 0.05) is 11.6 Å². The molecule has 0 atom stereocenters. The average Bonchev–Trinajstić information content (AvgIpc) is 2.49. The number of nitrogens with one attached hydrogen (secondary N) is 1. The summed E-state index contributed by atoms with van der Waals surface area (Å²) in [5, 5.41) is 4.07. The molecule has 2 rings (SSSR count). The topological polar surface area (TPSA) is 34.1 Å². The molecular formula is C17H21ClN2O. The predicted molar refractivity (Wildman–Crippen MR) is 88.3 cm³/mol. The number of pyridine rings is 1. The van der Waals surface area contributed by atoms with Crippen molar-refractivity contribution in [2.24, 2.45) is 0 Å². The second kappa shape index (κ2) is 7.32. The fourth-order valence-corrected chi connectivity index (χ4v) is 2.17. The molecular weight excluding hydrogens is 284 g/mol. The van der Waals surface area contributed by atoms with E-state index in [1.54, 1.807) is 0 Å². The van der Waals surface area contributed by atoms with E-state index in [-0.39, 0.29) is 0 Å². The van der Waals surface area contributed by atoms with Gasteiger partial charge < -0.3 is 10.1 Å². The molecule has 1 heterocycles. The van der Waals surface area contributed by atoms with E-state index in [9.17, 15) is 0 Å². The molecule has 21 heavy (non-hydrogen) atoms. The summed E-state index contributed by atoms with van der Waals surface area (Å²) >= 11 is 6.16. The third-order valence-electron chi connectivity index (χ3n) is 3.16. The highest BCUT2D eigenvalue weighted by Gasteiger charge is 2.04. The van der Waals surface area contributed by atoms with Crippen molar-refractivity contribution in [1.82, 2.24) is 4.98 Å². The first-order valence-electron chi connectivity index (χ1n) is 7.19. The smallest absolute Gasteiger partial charge is 0.130 e. The average molecular weight is 305 g/mol. The molecule has 0 aliphatic carbocycles. The maximum Gasteiger partial charge on any atom is 0.130 e. The maximum absolute atomic E-state index is 6.16. The van der Waals surface area contributed by atoms with Gasteiger partial charge in [-0.25, -0.2) is 4.98 Å². The zero-order chi connectivity index (χ0) is 15.2. The third kappa shape index (κ3) is 4.36. The zero-order valence-corrected chi connectivity index (χ0v) is 13.5. The van der Waals surface area contributed by atoms with Gasteiger partial charge in [0.05, 0.1) is 5.69 Å². The van der Waals surface area contributed by atoms with Crippen LogP contribution in [0.5, 0.6) is 5.75 Å². The monoisotopic (exact) mass is 304 g/mol. The van der Waals surface area contributed by atoms with Gasteiger partial charge in [0.15, 0.2) is 0 Å². The summed E-state index contributed by atoms with van der Waals surface area (Å²) in [5.41, 5.74) is 2.96. The first-order valence-corrected chi connectivity index (χ1v) is 7.57. The third-order valence-corrected chi connectivity index (χ3v) is 3.76. The van der Waals surface area contributed by atoms with Crippen LogP contribution in [0.4, 0.5) is 5.82 Å². The Labute approximate surface area is 131 Å². The minimum Gasteiger partial charge on any atom is -0.487 e. The summed E-state index contributed by atoms with van der Waals surface area (Å²) in [7, 11) is 0. The second-order valence-electron chi connectivity index (χ2n) is 5.10. The van der Waals surface area contributed by atoms with E-state index in [1.165, 1.54) is 0 Å². The maximum atomic E-state index is 6.16. The van der Waals surface area contributed by atoms with Crippen molar-refractivity contribution in [3.63, 3.8) is 0 Å². The highest BCUT2D eigenvalue weighted by atomic mass is 35.5. The quantitative estimate of drug-likeness (QED) is 0.836. The Balaban J connectivity index is 2.03. The summed E-state index contributed by atoms with van der Waals surface area (Å²) in [5.74, 6) is 1.71. The largest absolute Gasteiger partial charge is 0.487 e. The highest BCUT2D eigenvalue weighted by molar-refractivity contribution is 6.32. The normalized spacial score (nSPS) is 10.5. The number of anilines is 1. The second-order valence-corrected chi connectivity index (χ2v) is 5.48. The van der Waals surface area contributed by atoms with Crippen molar-refractivity contribution in [3.05, 3.63) is 52.2 Å². The van der Waals surface area contributed by atoms with Gasteiger partial charge in [-0.15, -0.1) is 0 Å². The number of ether oxygens (including phenoxy) is 1. The minimum atomic E-state index is 0.447. The standard InChI is InChI=1S/C17H21ClN2O/c1-4-8-19-16-7-5-6-14(20-16)11-21-15-9-12(2)17(18)13(3)10-15/h5-7,9-10H,4,8,11H2,1-3H3,(H,19,20). The number of halogens is 1. The van der Waals surface area contributed by atoms with Gasteiger partial charge in [-0.3, -0.25) is 0 Å². The molecule has 0 spiro atoms. The van der Waals surface area contributed by atoms with E-state index in [4.69, 9.17) is 16.3 Å². The molecule has 1 aromatic heterocycles. The Morgan fingerprint density at radius 2 is 1.90 bits per heavy atom. The number of hydrogen-bond acceptors (Lipinski definition) is 3. The molecule has 3 nitrogen and oxygen atoms in total. The fourth-order valence-electron chi connectivity index (χ4n) is 2.06. The molecule has 4 heteroatoms. The van der Waals surface area contributed by atoms with E-state index in [0.717, 1.165) is 46.4 Å². The Morgan fingerprint density at radius 3 is 2.57 bits per heavy atom. The van der Waals surface area contributed by atoms with E-state index < -0.39 is 0 Å². The van der Waals surface area contributed by atoms with Crippen molar-refractivity contribution >= 4 is 17.4 Å². The van der Waals surface area contributed by atoms with E-state index >= 15 is 0 Å². The van der Waals surface area contributed by atoms with Gasteiger partial charge in [-0.2, -0.15) is 0 Å². The number of benzene rings is 1. The first-order chi connectivity index (χ1) is 10.1. The van der Waals surface area contributed by atoms with Gasteiger partial charge in [0.2, 0.25) is 0 Å². The lowest BCUT2D eigenvalue weighted by molar-refractivity contribution is 0.301. The van der Waals surface area contributed by atoms with Crippen LogP contribution in [0.15, 0.2) is 30.3 Å². The van der Waals surface area contributed by atoms with Crippen LogP contribution in [-0.2, 0) is 6.61 Å². The molecule has 112 valence electrons. The van der Waals surface area contributed by atoms with Crippen molar-refractivity contribution in [1.29, 1.82) is 0 Å². The van der Waals surface area contributed by atoms with E-state index in [2.05, 4.69) is 17.2 Å². The van der Waals surface area contributed by atoms with Crippen molar-refractivity contribution in [3.8, 4) is 5.75 Å². The van der Waals surface area contributed by atoms with Crippen molar-refractivity contribution in [2.45, 2.75) is 33.8 Å². The van der Waals surface area contributed by atoms with Crippen molar-refractivity contribution < 1.29 is 4.74 Å². The lowest BCUT2D eigenvalue weighted by Crippen LogP contribution is -2.05.